The number of aliphatic carboxylic acids is 1. The first-order chi connectivity index (χ1) is 9.01. The topological polar surface area (TPSA) is 118 Å². The number of nitro benzene ring substituents is 1. The van der Waals surface area contributed by atoms with Gasteiger partial charge >= 0.3 is 5.97 Å². The first-order valence-corrected chi connectivity index (χ1v) is 6.92. The van der Waals surface area contributed by atoms with Gasteiger partial charge in [-0.25, -0.2) is 8.42 Å². The van der Waals surface area contributed by atoms with Crippen molar-refractivity contribution in [3.63, 3.8) is 0 Å². The SMILES string of the molecule is CN(C(C)(C)C(=O)O)S(=O)(=O)c1ccc([N+](=O)[O-])cc1. The van der Waals surface area contributed by atoms with E-state index in [2.05, 4.69) is 0 Å². The lowest BCUT2D eigenvalue weighted by molar-refractivity contribution is -0.384. The molecular weight excluding hydrogens is 288 g/mol. The van der Waals surface area contributed by atoms with E-state index in [1.165, 1.54) is 13.8 Å². The molecule has 1 aromatic rings. The van der Waals surface area contributed by atoms with E-state index >= 15 is 0 Å². The lowest BCUT2D eigenvalue weighted by Crippen LogP contribution is -2.50. The molecule has 0 fully saturated rings. The van der Waals surface area contributed by atoms with Crippen LogP contribution in [0, 0.1) is 10.1 Å². The molecule has 0 aliphatic rings. The first kappa shape index (κ1) is 16.1. The molecule has 0 spiro atoms. The number of carboxylic acid groups (broad SMARTS) is 1. The van der Waals surface area contributed by atoms with Crippen LogP contribution < -0.4 is 0 Å². The third kappa shape index (κ3) is 2.78. The zero-order chi connectivity index (χ0) is 15.7. The maximum Gasteiger partial charge on any atom is 0.324 e. The molecular formula is C11H14N2O6S. The average Bonchev–Trinajstić information content (AvgIpc) is 2.37. The summed E-state index contributed by atoms with van der Waals surface area (Å²) in [6.07, 6.45) is 0. The van der Waals surface area contributed by atoms with E-state index in [4.69, 9.17) is 5.11 Å². The van der Waals surface area contributed by atoms with Gasteiger partial charge < -0.3 is 5.11 Å². The highest BCUT2D eigenvalue weighted by Crippen LogP contribution is 2.24. The summed E-state index contributed by atoms with van der Waals surface area (Å²) in [5, 5.41) is 19.6. The highest BCUT2D eigenvalue weighted by Gasteiger charge is 2.40. The van der Waals surface area contributed by atoms with Gasteiger partial charge in [-0.3, -0.25) is 14.9 Å². The van der Waals surface area contributed by atoms with E-state index in [9.17, 15) is 23.3 Å². The Morgan fingerprint density at radius 3 is 2.10 bits per heavy atom. The van der Waals surface area contributed by atoms with Gasteiger partial charge in [0.15, 0.2) is 0 Å². The van der Waals surface area contributed by atoms with Crippen LogP contribution in [-0.4, -0.2) is 41.3 Å². The van der Waals surface area contributed by atoms with Gasteiger partial charge in [0.05, 0.1) is 9.82 Å². The average molecular weight is 302 g/mol. The van der Waals surface area contributed by atoms with Crippen molar-refractivity contribution in [2.45, 2.75) is 24.3 Å². The minimum absolute atomic E-state index is 0.208. The molecule has 0 radical (unpaired) electrons. The number of benzene rings is 1. The van der Waals surface area contributed by atoms with E-state index in [-0.39, 0.29) is 10.6 Å². The van der Waals surface area contributed by atoms with Crippen LogP contribution in [0.3, 0.4) is 0 Å². The summed E-state index contributed by atoms with van der Waals surface area (Å²) in [4.78, 5) is 20.7. The molecule has 9 heteroatoms. The molecule has 8 nitrogen and oxygen atoms in total. The van der Waals surface area contributed by atoms with Crippen molar-refractivity contribution in [3.8, 4) is 0 Å². The van der Waals surface area contributed by atoms with E-state index in [0.29, 0.717) is 4.31 Å². The fourth-order valence-corrected chi connectivity index (χ4v) is 2.81. The standard InChI is InChI=1S/C11H14N2O6S/c1-11(2,10(14)15)12(3)20(18,19)9-6-4-8(5-7-9)13(16)17/h4-7H,1-3H3,(H,14,15). The number of hydrogen-bond donors (Lipinski definition) is 1. The number of likely N-dealkylation sites (N-methyl/N-ethyl adjacent to an activating group) is 1. The summed E-state index contributed by atoms with van der Waals surface area (Å²) in [5.41, 5.74) is -1.88. The van der Waals surface area contributed by atoms with Crippen LogP contribution in [0.25, 0.3) is 0 Å². The largest absolute Gasteiger partial charge is 0.480 e. The fraction of sp³-hybridized carbons (Fsp3) is 0.364. The van der Waals surface area contributed by atoms with Crippen molar-refractivity contribution in [3.05, 3.63) is 34.4 Å². The third-order valence-corrected chi connectivity index (χ3v) is 5.06. The van der Waals surface area contributed by atoms with Crippen molar-refractivity contribution in [1.29, 1.82) is 0 Å². The first-order valence-electron chi connectivity index (χ1n) is 5.48. The molecule has 1 rings (SSSR count). The molecule has 1 N–H and O–H groups in total. The summed E-state index contributed by atoms with van der Waals surface area (Å²) < 4.78 is 25.2. The number of rotatable bonds is 5. The van der Waals surface area contributed by atoms with Gasteiger partial charge in [0.1, 0.15) is 5.54 Å². The van der Waals surface area contributed by atoms with Crippen LogP contribution in [0.4, 0.5) is 5.69 Å². The number of carboxylic acids is 1. The van der Waals surface area contributed by atoms with Crippen LogP contribution in [0.1, 0.15) is 13.8 Å². The maximum absolute atomic E-state index is 12.3. The lowest BCUT2D eigenvalue weighted by Gasteiger charge is -2.30. The number of carbonyl (C=O) groups is 1. The lowest BCUT2D eigenvalue weighted by atomic mass is 10.1. The molecule has 0 bridgehead atoms. The monoisotopic (exact) mass is 302 g/mol. The molecule has 110 valence electrons. The van der Waals surface area contributed by atoms with Crippen LogP contribution in [0.15, 0.2) is 29.2 Å². The van der Waals surface area contributed by atoms with Gasteiger partial charge in [-0.05, 0) is 26.0 Å². The van der Waals surface area contributed by atoms with Crippen LogP contribution >= 0.6 is 0 Å². The third-order valence-electron chi connectivity index (χ3n) is 3.02. The number of nitro groups is 1. The Balaban J connectivity index is 3.23. The molecule has 0 saturated carbocycles. The van der Waals surface area contributed by atoms with Gasteiger partial charge in [-0.2, -0.15) is 4.31 Å². The zero-order valence-corrected chi connectivity index (χ0v) is 11.9. The maximum atomic E-state index is 12.3. The summed E-state index contributed by atoms with van der Waals surface area (Å²) in [5.74, 6) is -1.30. The Bertz CT molecular complexity index is 635. The van der Waals surface area contributed by atoms with E-state index < -0.39 is 26.5 Å². The van der Waals surface area contributed by atoms with Gasteiger partial charge in [0.25, 0.3) is 5.69 Å². The quantitative estimate of drug-likeness (QED) is 0.642. The van der Waals surface area contributed by atoms with Crippen molar-refractivity contribution in [2.75, 3.05) is 7.05 Å². The molecule has 0 aromatic heterocycles. The number of sulfonamides is 1. The summed E-state index contributed by atoms with van der Waals surface area (Å²) in [6.45, 7) is 2.50. The van der Waals surface area contributed by atoms with Crippen molar-refractivity contribution in [1.82, 2.24) is 4.31 Å². The summed E-state index contributed by atoms with van der Waals surface area (Å²) in [6, 6.07) is 4.24. The predicted molar refractivity (Wildman–Crippen MR) is 69.8 cm³/mol. The second-order valence-electron chi connectivity index (χ2n) is 4.59. The molecule has 0 saturated heterocycles. The molecule has 1 aromatic carbocycles. The van der Waals surface area contributed by atoms with Gasteiger partial charge in [0, 0.05) is 19.2 Å². The number of hydrogen-bond acceptors (Lipinski definition) is 5. The van der Waals surface area contributed by atoms with Gasteiger partial charge in [0.2, 0.25) is 10.0 Å². The molecule has 0 aliphatic carbocycles. The van der Waals surface area contributed by atoms with E-state index in [1.807, 2.05) is 0 Å². The minimum Gasteiger partial charge on any atom is -0.480 e. The van der Waals surface area contributed by atoms with Crippen LogP contribution in [0.2, 0.25) is 0 Å². The highest BCUT2D eigenvalue weighted by atomic mass is 32.2. The van der Waals surface area contributed by atoms with E-state index in [1.54, 1.807) is 0 Å². The molecule has 0 amide bonds. The van der Waals surface area contributed by atoms with Gasteiger partial charge in [-0.1, -0.05) is 0 Å². The molecule has 0 atom stereocenters. The normalized spacial score (nSPS) is 12.4. The van der Waals surface area contributed by atoms with Crippen molar-refractivity contribution < 1.29 is 23.2 Å². The smallest absolute Gasteiger partial charge is 0.324 e. The van der Waals surface area contributed by atoms with Crippen molar-refractivity contribution in [2.24, 2.45) is 0 Å². The second kappa shape index (κ2) is 5.17. The molecule has 0 aliphatic heterocycles. The Labute approximate surface area is 115 Å². The summed E-state index contributed by atoms with van der Waals surface area (Å²) >= 11 is 0. The Hall–Kier alpha value is -2.00. The zero-order valence-electron chi connectivity index (χ0n) is 11.1. The Morgan fingerprint density at radius 1 is 1.30 bits per heavy atom. The minimum atomic E-state index is -4.05. The Morgan fingerprint density at radius 2 is 1.75 bits per heavy atom. The van der Waals surface area contributed by atoms with Crippen LogP contribution in [-0.2, 0) is 14.8 Å². The second-order valence-corrected chi connectivity index (χ2v) is 6.56. The molecule has 0 heterocycles. The Kier molecular flexibility index (Phi) is 4.15. The van der Waals surface area contributed by atoms with Crippen LogP contribution in [0.5, 0.6) is 0 Å². The molecule has 20 heavy (non-hydrogen) atoms. The number of non-ortho nitro benzene ring substituents is 1. The summed E-state index contributed by atoms with van der Waals surface area (Å²) in [7, 11) is -2.91. The number of nitrogens with zero attached hydrogens (tertiary/aromatic N) is 2. The van der Waals surface area contributed by atoms with Crippen molar-refractivity contribution >= 4 is 21.7 Å². The molecule has 0 unspecified atom stereocenters. The predicted octanol–water partition coefficient (Wildman–Crippen LogP) is 1.08. The van der Waals surface area contributed by atoms with E-state index in [0.717, 1.165) is 31.3 Å². The van der Waals surface area contributed by atoms with Gasteiger partial charge in [-0.15, -0.1) is 0 Å². The fourth-order valence-electron chi connectivity index (χ4n) is 1.33. The highest BCUT2D eigenvalue weighted by molar-refractivity contribution is 7.89.